The van der Waals surface area contributed by atoms with Crippen LogP contribution in [0.15, 0.2) is 24.5 Å². The molecule has 1 aliphatic rings. The minimum absolute atomic E-state index is 0.0919. The number of rotatable bonds is 7. The fourth-order valence-electron chi connectivity index (χ4n) is 2.89. The van der Waals surface area contributed by atoms with Crippen LogP contribution in [0, 0.1) is 5.92 Å². The molecule has 0 bridgehead atoms. The van der Waals surface area contributed by atoms with Crippen LogP contribution < -0.4 is 16.0 Å². The molecular weight excluding hydrogens is 330 g/mol. The van der Waals surface area contributed by atoms with E-state index in [1.165, 1.54) is 16.8 Å². The molecule has 1 saturated heterocycles. The van der Waals surface area contributed by atoms with Gasteiger partial charge in [0.25, 0.3) is 12.1 Å². The van der Waals surface area contributed by atoms with E-state index in [-0.39, 0.29) is 24.3 Å². The molecule has 0 radical (unpaired) electrons. The lowest BCUT2D eigenvalue weighted by atomic mass is 9.92. The van der Waals surface area contributed by atoms with E-state index in [4.69, 9.17) is 21.3 Å². The Labute approximate surface area is 144 Å². The molecule has 1 aromatic heterocycles. The first-order chi connectivity index (χ1) is 11.7. The maximum Gasteiger partial charge on any atom is 0.303 e. The fourth-order valence-corrected chi connectivity index (χ4v) is 2.89. The van der Waals surface area contributed by atoms with Crippen molar-refractivity contribution in [2.24, 2.45) is 17.4 Å². The summed E-state index contributed by atoms with van der Waals surface area (Å²) >= 11 is 0. The number of ether oxygens (including phenoxy) is 1. The smallest absolute Gasteiger partial charge is 0.303 e. The van der Waals surface area contributed by atoms with Gasteiger partial charge in [0.1, 0.15) is 11.7 Å². The highest BCUT2D eigenvalue weighted by molar-refractivity contribution is 5.92. The Bertz CT molecular complexity index is 640. The molecule has 2 heterocycles. The molecule has 9 heteroatoms. The van der Waals surface area contributed by atoms with Gasteiger partial charge in [-0.25, -0.2) is 0 Å². The van der Waals surface area contributed by atoms with Crippen LogP contribution in [0.25, 0.3) is 0 Å². The van der Waals surface area contributed by atoms with Gasteiger partial charge in [-0.3, -0.25) is 9.59 Å². The number of carbonyl (C=O) groups excluding carboxylic acids is 1. The molecule has 0 unspecified atom stereocenters. The van der Waals surface area contributed by atoms with Gasteiger partial charge in [0.15, 0.2) is 18.5 Å². The normalized spacial score (nSPS) is 28.5. The van der Waals surface area contributed by atoms with Gasteiger partial charge in [0.2, 0.25) is 0 Å². The third-order valence-corrected chi connectivity index (χ3v) is 4.47. The van der Waals surface area contributed by atoms with Gasteiger partial charge in [-0.15, -0.1) is 0 Å². The number of carbonyl (C=O) groups is 2. The van der Waals surface area contributed by atoms with Gasteiger partial charge in [-0.05, 0) is 18.4 Å². The lowest BCUT2D eigenvalue weighted by molar-refractivity contribution is -0.765. The second-order valence-corrected chi connectivity index (χ2v) is 6.43. The van der Waals surface area contributed by atoms with Crippen molar-refractivity contribution in [3.63, 3.8) is 0 Å². The van der Waals surface area contributed by atoms with Crippen LogP contribution in [0.4, 0.5) is 0 Å². The van der Waals surface area contributed by atoms with Crippen LogP contribution in [0.2, 0.25) is 0 Å². The average Bonchev–Trinajstić information content (AvgIpc) is 2.82. The third-order valence-electron chi connectivity index (χ3n) is 4.47. The standard InChI is InChI=1S/C16H23N3O6/c1-8(5-12(20)21)10(17)6-11-13(22)14(23)16(25-11)19-4-2-3-9(7-19)15(18)24/h2-4,7-8,10-11,13-14,16,22-23H,5-6,17H2,1H3,(H2-,18,20,21,24)/p+1/t8-,10-,11-,13-,14-,16-/m1/s1. The number of nitrogens with two attached hydrogens (primary N) is 2. The number of aromatic nitrogens is 1. The molecule has 6 atom stereocenters. The van der Waals surface area contributed by atoms with Gasteiger partial charge in [-0.1, -0.05) is 6.92 Å². The molecule has 1 amide bonds. The zero-order valence-electron chi connectivity index (χ0n) is 13.9. The van der Waals surface area contributed by atoms with Crippen molar-refractivity contribution >= 4 is 11.9 Å². The summed E-state index contributed by atoms with van der Waals surface area (Å²) in [5.74, 6) is -1.88. The highest BCUT2D eigenvalue weighted by atomic mass is 16.6. The summed E-state index contributed by atoms with van der Waals surface area (Å²) in [6, 6.07) is 2.59. The quantitative estimate of drug-likeness (QED) is 0.373. The highest BCUT2D eigenvalue weighted by Gasteiger charge is 2.48. The Balaban J connectivity index is 2.09. The molecule has 25 heavy (non-hydrogen) atoms. The number of carboxylic acids is 1. The third kappa shape index (κ3) is 4.51. The average molecular weight is 354 g/mol. The predicted molar refractivity (Wildman–Crippen MR) is 85.1 cm³/mol. The lowest BCUT2D eigenvalue weighted by Crippen LogP contribution is -2.46. The second-order valence-electron chi connectivity index (χ2n) is 6.43. The summed E-state index contributed by atoms with van der Waals surface area (Å²) in [7, 11) is 0. The van der Waals surface area contributed by atoms with Crippen molar-refractivity contribution in [2.75, 3.05) is 0 Å². The Morgan fingerprint density at radius 1 is 1.36 bits per heavy atom. The number of aliphatic carboxylic acids is 1. The summed E-state index contributed by atoms with van der Waals surface area (Å²) in [6.45, 7) is 1.71. The maximum atomic E-state index is 11.3. The van der Waals surface area contributed by atoms with Crippen LogP contribution in [-0.2, 0) is 9.53 Å². The van der Waals surface area contributed by atoms with Crippen molar-refractivity contribution in [3.8, 4) is 0 Å². The summed E-state index contributed by atoms with van der Waals surface area (Å²) in [6.07, 6.45) is -0.944. The molecular formula is C16H24N3O6+. The van der Waals surface area contributed by atoms with Crippen LogP contribution in [0.5, 0.6) is 0 Å². The van der Waals surface area contributed by atoms with E-state index in [1.807, 2.05) is 0 Å². The Morgan fingerprint density at radius 3 is 2.64 bits per heavy atom. The molecule has 7 N–H and O–H groups in total. The van der Waals surface area contributed by atoms with E-state index < -0.39 is 42.5 Å². The zero-order chi connectivity index (χ0) is 18.7. The number of hydrogen-bond acceptors (Lipinski definition) is 6. The van der Waals surface area contributed by atoms with Crippen molar-refractivity contribution < 1.29 is 34.2 Å². The number of primary amides is 1. The number of aliphatic hydroxyl groups excluding tert-OH is 2. The first-order valence-corrected chi connectivity index (χ1v) is 8.00. The molecule has 0 aromatic carbocycles. The summed E-state index contributed by atoms with van der Waals surface area (Å²) in [4.78, 5) is 22.1. The predicted octanol–water partition coefficient (Wildman–Crippen LogP) is -1.48. The molecule has 0 saturated carbocycles. The van der Waals surface area contributed by atoms with Crippen LogP contribution >= 0.6 is 0 Å². The fraction of sp³-hybridized carbons (Fsp3) is 0.562. The molecule has 0 aliphatic carbocycles. The van der Waals surface area contributed by atoms with Gasteiger partial charge >= 0.3 is 5.97 Å². The number of carboxylic acid groups (broad SMARTS) is 1. The van der Waals surface area contributed by atoms with E-state index in [0.717, 1.165) is 0 Å². The van der Waals surface area contributed by atoms with E-state index in [1.54, 1.807) is 19.2 Å². The summed E-state index contributed by atoms with van der Waals surface area (Å²) in [5, 5.41) is 29.3. The number of amides is 1. The number of pyridine rings is 1. The van der Waals surface area contributed by atoms with E-state index in [0.29, 0.717) is 0 Å². The Kier molecular flexibility index (Phi) is 6.07. The molecule has 138 valence electrons. The number of hydrogen-bond donors (Lipinski definition) is 5. The van der Waals surface area contributed by atoms with E-state index in [9.17, 15) is 19.8 Å². The first kappa shape index (κ1) is 19.3. The number of aliphatic hydroxyl groups is 2. The van der Waals surface area contributed by atoms with Crippen molar-refractivity contribution in [1.82, 2.24) is 0 Å². The van der Waals surface area contributed by atoms with Crippen molar-refractivity contribution in [1.29, 1.82) is 0 Å². The summed E-state index contributed by atoms with van der Waals surface area (Å²) < 4.78 is 7.17. The maximum absolute atomic E-state index is 11.3. The minimum atomic E-state index is -1.22. The van der Waals surface area contributed by atoms with Gasteiger partial charge in [0, 0.05) is 18.5 Å². The molecule has 2 rings (SSSR count). The Hall–Kier alpha value is -2.07. The monoisotopic (exact) mass is 354 g/mol. The molecule has 9 nitrogen and oxygen atoms in total. The minimum Gasteiger partial charge on any atom is -0.481 e. The zero-order valence-corrected chi connectivity index (χ0v) is 13.9. The van der Waals surface area contributed by atoms with Crippen LogP contribution in [-0.4, -0.2) is 51.5 Å². The van der Waals surface area contributed by atoms with Gasteiger partial charge in [0.05, 0.1) is 6.10 Å². The summed E-state index contributed by atoms with van der Waals surface area (Å²) in [5.41, 5.74) is 11.5. The molecule has 1 fully saturated rings. The molecule has 0 spiro atoms. The van der Waals surface area contributed by atoms with Crippen molar-refractivity contribution in [2.45, 2.75) is 50.3 Å². The second kappa shape index (κ2) is 7.87. The number of nitrogens with zero attached hydrogens (tertiary/aromatic N) is 1. The van der Waals surface area contributed by atoms with Gasteiger partial charge < -0.3 is 31.5 Å². The van der Waals surface area contributed by atoms with Gasteiger partial charge in [-0.2, -0.15) is 4.57 Å². The van der Waals surface area contributed by atoms with Crippen LogP contribution in [0.1, 0.15) is 36.4 Å². The molecule has 1 aromatic rings. The van der Waals surface area contributed by atoms with Crippen molar-refractivity contribution in [3.05, 3.63) is 30.1 Å². The largest absolute Gasteiger partial charge is 0.481 e. The molecule has 1 aliphatic heterocycles. The topological polar surface area (TPSA) is 160 Å². The van der Waals surface area contributed by atoms with E-state index >= 15 is 0 Å². The highest BCUT2D eigenvalue weighted by Crippen LogP contribution is 2.29. The van der Waals surface area contributed by atoms with Crippen LogP contribution in [0.3, 0.4) is 0 Å². The lowest BCUT2D eigenvalue weighted by Gasteiger charge is -2.22. The SMILES string of the molecule is C[C@H](CC(=O)O)[C@H](N)C[C@H]1O[C@@H]([n+]2cccc(C(N)=O)c2)[C@H](O)[C@@H]1O. The first-order valence-electron chi connectivity index (χ1n) is 8.00. The van der Waals surface area contributed by atoms with E-state index in [2.05, 4.69) is 0 Å². The Morgan fingerprint density at radius 2 is 2.04 bits per heavy atom.